The highest BCUT2D eigenvalue weighted by Crippen LogP contribution is 2.21. The molecule has 5 nitrogen and oxygen atoms in total. The minimum Gasteiger partial charge on any atom is -0.467 e. The molecule has 5 heteroatoms. The standard InChI is InChI=1S/C12H14O5/c1-8(13)10-5-4-9(12(14)16-3)6-11(10)17-7-15-2/h4-6H,7H2,1-3H3. The van der Waals surface area contributed by atoms with Crippen LogP contribution in [0.15, 0.2) is 18.2 Å². The monoisotopic (exact) mass is 238 g/mol. The molecule has 0 saturated heterocycles. The number of ether oxygens (including phenoxy) is 3. The van der Waals surface area contributed by atoms with Crippen LogP contribution in [0.4, 0.5) is 0 Å². The number of carbonyl (C=O) groups is 2. The third-order valence-corrected chi connectivity index (χ3v) is 2.11. The second kappa shape index (κ2) is 6.00. The van der Waals surface area contributed by atoms with Crippen molar-refractivity contribution >= 4 is 11.8 Å². The summed E-state index contributed by atoms with van der Waals surface area (Å²) in [6.45, 7) is 1.43. The van der Waals surface area contributed by atoms with Crippen molar-refractivity contribution in [1.29, 1.82) is 0 Å². The van der Waals surface area contributed by atoms with Gasteiger partial charge in [-0.2, -0.15) is 0 Å². The van der Waals surface area contributed by atoms with Crippen LogP contribution in [0.25, 0.3) is 0 Å². The van der Waals surface area contributed by atoms with E-state index in [2.05, 4.69) is 4.74 Å². The minimum absolute atomic E-state index is 0.00487. The first-order valence-corrected chi connectivity index (χ1v) is 4.95. The number of ketones is 1. The maximum atomic E-state index is 11.3. The van der Waals surface area contributed by atoms with E-state index in [1.54, 1.807) is 0 Å². The van der Waals surface area contributed by atoms with Crippen LogP contribution >= 0.6 is 0 Å². The molecule has 0 saturated carbocycles. The topological polar surface area (TPSA) is 61.8 Å². The van der Waals surface area contributed by atoms with E-state index < -0.39 is 5.97 Å². The molecular weight excluding hydrogens is 224 g/mol. The number of carbonyl (C=O) groups excluding carboxylic acids is 2. The molecule has 1 rings (SSSR count). The fraction of sp³-hybridized carbons (Fsp3) is 0.333. The number of Topliss-reactive ketones (excluding diaryl/α,β-unsaturated/α-hetero) is 1. The maximum Gasteiger partial charge on any atom is 0.337 e. The molecule has 0 unspecified atom stereocenters. The highest BCUT2D eigenvalue weighted by molar-refractivity contribution is 5.98. The first-order chi connectivity index (χ1) is 8.10. The van der Waals surface area contributed by atoms with Gasteiger partial charge in [-0.05, 0) is 25.1 Å². The molecule has 0 amide bonds. The van der Waals surface area contributed by atoms with Gasteiger partial charge in [-0.15, -0.1) is 0 Å². The molecule has 0 heterocycles. The summed E-state index contributed by atoms with van der Waals surface area (Å²) in [5, 5.41) is 0. The zero-order chi connectivity index (χ0) is 12.8. The molecule has 17 heavy (non-hydrogen) atoms. The molecule has 0 fully saturated rings. The van der Waals surface area contributed by atoms with Crippen molar-refractivity contribution in [2.24, 2.45) is 0 Å². The van der Waals surface area contributed by atoms with Crippen molar-refractivity contribution < 1.29 is 23.8 Å². The van der Waals surface area contributed by atoms with Gasteiger partial charge in [0.1, 0.15) is 5.75 Å². The Labute approximate surface area is 99.3 Å². The Hall–Kier alpha value is -1.88. The van der Waals surface area contributed by atoms with E-state index in [9.17, 15) is 9.59 Å². The highest BCUT2D eigenvalue weighted by atomic mass is 16.7. The Morgan fingerprint density at radius 2 is 1.94 bits per heavy atom. The fourth-order valence-corrected chi connectivity index (χ4v) is 1.30. The molecule has 92 valence electrons. The lowest BCUT2D eigenvalue weighted by molar-refractivity contribution is 0.0495. The fourth-order valence-electron chi connectivity index (χ4n) is 1.30. The van der Waals surface area contributed by atoms with E-state index in [-0.39, 0.29) is 12.6 Å². The second-order valence-electron chi connectivity index (χ2n) is 3.31. The molecule has 0 spiro atoms. The minimum atomic E-state index is -0.484. The van der Waals surface area contributed by atoms with E-state index in [4.69, 9.17) is 9.47 Å². The molecule has 0 N–H and O–H groups in total. The van der Waals surface area contributed by atoms with E-state index in [1.165, 1.54) is 39.3 Å². The molecule has 0 aliphatic rings. The lowest BCUT2D eigenvalue weighted by Crippen LogP contribution is -2.07. The summed E-state index contributed by atoms with van der Waals surface area (Å²) in [4.78, 5) is 22.7. The van der Waals surface area contributed by atoms with Gasteiger partial charge in [-0.25, -0.2) is 4.79 Å². The van der Waals surface area contributed by atoms with Crippen molar-refractivity contribution in [1.82, 2.24) is 0 Å². The van der Waals surface area contributed by atoms with Crippen LogP contribution in [0.3, 0.4) is 0 Å². The van der Waals surface area contributed by atoms with Crippen LogP contribution in [0.5, 0.6) is 5.75 Å². The van der Waals surface area contributed by atoms with Gasteiger partial charge < -0.3 is 14.2 Å². The van der Waals surface area contributed by atoms with Gasteiger partial charge in [0, 0.05) is 7.11 Å². The van der Waals surface area contributed by atoms with Crippen LogP contribution in [-0.4, -0.2) is 32.8 Å². The summed E-state index contributed by atoms with van der Waals surface area (Å²) in [5.74, 6) is -0.322. The molecule has 0 bridgehead atoms. The van der Waals surface area contributed by atoms with Crippen LogP contribution in [-0.2, 0) is 9.47 Å². The van der Waals surface area contributed by atoms with Crippen molar-refractivity contribution in [3.05, 3.63) is 29.3 Å². The van der Waals surface area contributed by atoms with Crippen molar-refractivity contribution in [3.8, 4) is 5.75 Å². The Morgan fingerprint density at radius 1 is 1.24 bits per heavy atom. The van der Waals surface area contributed by atoms with E-state index in [0.717, 1.165) is 0 Å². The Balaban J connectivity index is 3.09. The third kappa shape index (κ3) is 3.29. The summed E-state index contributed by atoms with van der Waals surface area (Å²) in [7, 11) is 2.76. The zero-order valence-electron chi connectivity index (χ0n) is 9.98. The Morgan fingerprint density at radius 3 is 2.47 bits per heavy atom. The maximum absolute atomic E-state index is 11.3. The van der Waals surface area contributed by atoms with Gasteiger partial charge in [0.15, 0.2) is 12.6 Å². The molecule has 0 atom stereocenters. The molecule has 1 aromatic carbocycles. The smallest absolute Gasteiger partial charge is 0.337 e. The Bertz CT molecular complexity index is 425. The lowest BCUT2D eigenvalue weighted by Gasteiger charge is -2.10. The molecule has 0 aliphatic carbocycles. The van der Waals surface area contributed by atoms with Crippen molar-refractivity contribution in [3.63, 3.8) is 0 Å². The quantitative estimate of drug-likeness (QED) is 0.443. The van der Waals surface area contributed by atoms with Crippen LogP contribution in [0.1, 0.15) is 27.6 Å². The number of methoxy groups -OCH3 is 2. The zero-order valence-corrected chi connectivity index (χ0v) is 9.98. The molecule has 0 aromatic heterocycles. The van der Waals surface area contributed by atoms with Crippen LogP contribution < -0.4 is 4.74 Å². The number of hydrogen-bond donors (Lipinski definition) is 0. The van der Waals surface area contributed by atoms with Gasteiger partial charge >= 0.3 is 5.97 Å². The Kier molecular flexibility index (Phi) is 4.66. The molecule has 0 aliphatic heterocycles. The van der Waals surface area contributed by atoms with Gasteiger partial charge in [0.2, 0.25) is 0 Å². The SMILES string of the molecule is COCOc1cc(C(=O)OC)ccc1C(C)=O. The number of rotatable bonds is 5. The predicted molar refractivity (Wildman–Crippen MR) is 60.3 cm³/mol. The van der Waals surface area contributed by atoms with Crippen LogP contribution in [0.2, 0.25) is 0 Å². The number of esters is 1. The predicted octanol–water partition coefficient (Wildman–Crippen LogP) is 1.66. The largest absolute Gasteiger partial charge is 0.467 e. The summed E-state index contributed by atoms with van der Waals surface area (Å²) >= 11 is 0. The molecule has 1 aromatic rings. The normalized spacial score (nSPS) is 9.82. The number of hydrogen-bond acceptors (Lipinski definition) is 5. The second-order valence-corrected chi connectivity index (χ2v) is 3.31. The van der Waals surface area contributed by atoms with Crippen molar-refractivity contribution in [2.75, 3.05) is 21.0 Å². The summed E-state index contributed by atoms with van der Waals surface area (Å²) in [5.41, 5.74) is 0.721. The molecule has 0 radical (unpaired) electrons. The molecular formula is C12H14O5. The summed E-state index contributed by atoms with van der Waals surface area (Å²) in [6.07, 6.45) is 0. The van der Waals surface area contributed by atoms with Gasteiger partial charge in [0.05, 0.1) is 18.2 Å². The van der Waals surface area contributed by atoms with Crippen molar-refractivity contribution in [2.45, 2.75) is 6.92 Å². The lowest BCUT2D eigenvalue weighted by atomic mass is 10.1. The van der Waals surface area contributed by atoms with E-state index >= 15 is 0 Å². The van der Waals surface area contributed by atoms with E-state index in [1.807, 2.05) is 0 Å². The summed E-state index contributed by atoms with van der Waals surface area (Å²) < 4.78 is 14.6. The van der Waals surface area contributed by atoms with Gasteiger partial charge in [0.25, 0.3) is 0 Å². The number of benzene rings is 1. The third-order valence-electron chi connectivity index (χ3n) is 2.11. The van der Waals surface area contributed by atoms with Crippen LogP contribution in [0, 0.1) is 0 Å². The summed E-state index contributed by atoms with van der Waals surface area (Å²) in [6, 6.07) is 4.50. The first-order valence-electron chi connectivity index (χ1n) is 4.95. The van der Waals surface area contributed by atoms with E-state index in [0.29, 0.717) is 16.9 Å². The van der Waals surface area contributed by atoms with Gasteiger partial charge in [-0.1, -0.05) is 0 Å². The highest BCUT2D eigenvalue weighted by Gasteiger charge is 2.13. The van der Waals surface area contributed by atoms with Gasteiger partial charge in [-0.3, -0.25) is 4.79 Å². The average molecular weight is 238 g/mol. The average Bonchev–Trinajstić information content (AvgIpc) is 2.34. The first kappa shape index (κ1) is 13.2.